The fraction of sp³-hybridized carbons (Fsp3) is 0.167. The van der Waals surface area contributed by atoms with Crippen molar-refractivity contribution < 1.29 is 18.3 Å². The van der Waals surface area contributed by atoms with Crippen molar-refractivity contribution in [1.82, 2.24) is 0 Å². The molecule has 0 aliphatic carbocycles. The highest BCUT2D eigenvalue weighted by Gasteiger charge is 2.24. The number of hydrogen-bond donors (Lipinski definition) is 1. The fourth-order valence-electron chi connectivity index (χ4n) is 2.69. The molecule has 24 heavy (non-hydrogen) atoms. The van der Waals surface area contributed by atoms with Gasteiger partial charge in [0.25, 0.3) is 0 Å². The van der Waals surface area contributed by atoms with Crippen molar-refractivity contribution in [3.63, 3.8) is 0 Å². The lowest BCUT2D eigenvalue weighted by Crippen LogP contribution is -2.08. The molecule has 0 bridgehead atoms. The van der Waals surface area contributed by atoms with Crippen molar-refractivity contribution in [2.24, 2.45) is 0 Å². The number of sulfone groups is 1. The standard InChI is InChI=1S/C18H16O4S2/c1-23-16-5-2-12(3-6-16)13-4-7-17-15(10-13)11-14(18(19)20)8-9-24(17,21)22/h2-7,10-11H,8-9H2,1H3,(H,19,20). The number of hydrogen-bond acceptors (Lipinski definition) is 4. The van der Waals surface area contributed by atoms with Crippen LogP contribution in [-0.2, 0) is 14.6 Å². The van der Waals surface area contributed by atoms with Gasteiger partial charge in [-0.2, -0.15) is 0 Å². The van der Waals surface area contributed by atoms with E-state index in [9.17, 15) is 18.3 Å². The molecule has 0 spiro atoms. The summed E-state index contributed by atoms with van der Waals surface area (Å²) < 4.78 is 24.7. The Morgan fingerprint density at radius 2 is 1.75 bits per heavy atom. The molecule has 0 fully saturated rings. The van der Waals surface area contributed by atoms with E-state index in [1.807, 2.05) is 30.5 Å². The Hall–Kier alpha value is -2.05. The number of carboxylic acids is 1. The van der Waals surface area contributed by atoms with E-state index in [-0.39, 0.29) is 22.6 Å². The van der Waals surface area contributed by atoms with Crippen LogP contribution in [0.25, 0.3) is 17.2 Å². The van der Waals surface area contributed by atoms with E-state index in [4.69, 9.17) is 0 Å². The Bertz CT molecular complexity index is 926. The molecule has 0 unspecified atom stereocenters. The van der Waals surface area contributed by atoms with Crippen LogP contribution in [0.3, 0.4) is 0 Å². The van der Waals surface area contributed by atoms with Crippen LogP contribution in [0.2, 0.25) is 0 Å². The number of carboxylic acid groups (broad SMARTS) is 1. The third kappa shape index (κ3) is 3.25. The summed E-state index contributed by atoms with van der Waals surface area (Å²) in [6.45, 7) is 0. The van der Waals surface area contributed by atoms with E-state index in [0.717, 1.165) is 16.0 Å². The van der Waals surface area contributed by atoms with Crippen LogP contribution in [0.4, 0.5) is 0 Å². The van der Waals surface area contributed by atoms with Crippen molar-refractivity contribution in [3.05, 3.63) is 53.6 Å². The van der Waals surface area contributed by atoms with E-state index in [1.165, 1.54) is 6.08 Å². The van der Waals surface area contributed by atoms with Gasteiger partial charge in [-0.15, -0.1) is 11.8 Å². The van der Waals surface area contributed by atoms with E-state index in [2.05, 4.69) is 0 Å². The zero-order chi connectivity index (χ0) is 17.3. The summed E-state index contributed by atoms with van der Waals surface area (Å²) in [6.07, 6.45) is 3.49. The number of carbonyl (C=O) groups is 1. The first-order valence-electron chi connectivity index (χ1n) is 7.36. The maximum Gasteiger partial charge on any atom is 0.331 e. The van der Waals surface area contributed by atoms with Crippen LogP contribution in [0.1, 0.15) is 12.0 Å². The highest BCUT2D eigenvalue weighted by Crippen LogP contribution is 2.31. The third-order valence-corrected chi connectivity index (χ3v) is 6.54. The number of rotatable bonds is 3. The first-order chi connectivity index (χ1) is 11.4. The number of aliphatic carboxylic acids is 1. The fourth-order valence-corrected chi connectivity index (χ4v) is 4.56. The van der Waals surface area contributed by atoms with Gasteiger partial charge in [0, 0.05) is 10.5 Å². The van der Waals surface area contributed by atoms with Gasteiger partial charge >= 0.3 is 5.97 Å². The first kappa shape index (κ1) is 16.8. The van der Waals surface area contributed by atoms with Crippen molar-refractivity contribution >= 4 is 33.6 Å². The van der Waals surface area contributed by atoms with E-state index in [1.54, 1.807) is 30.0 Å². The third-order valence-electron chi connectivity index (χ3n) is 4.01. The Labute approximate surface area is 145 Å². The minimum atomic E-state index is -3.47. The van der Waals surface area contributed by atoms with Crippen molar-refractivity contribution in [2.45, 2.75) is 16.2 Å². The van der Waals surface area contributed by atoms with Gasteiger partial charge in [0.1, 0.15) is 0 Å². The minimum Gasteiger partial charge on any atom is -0.478 e. The Morgan fingerprint density at radius 3 is 2.38 bits per heavy atom. The minimum absolute atomic E-state index is 0.0180. The molecule has 0 amide bonds. The van der Waals surface area contributed by atoms with Gasteiger partial charge < -0.3 is 5.11 Å². The average Bonchev–Trinajstić information content (AvgIpc) is 2.71. The Balaban J connectivity index is 2.13. The summed E-state index contributed by atoms with van der Waals surface area (Å²) >= 11 is 1.65. The normalized spacial score (nSPS) is 16.0. The zero-order valence-electron chi connectivity index (χ0n) is 13.0. The molecular formula is C18H16O4S2. The molecule has 1 aliphatic rings. The van der Waals surface area contributed by atoms with Gasteiger partial charge in [-0.05, 0) is 59.7 Å². The molecule has 0 saturated carbocycles. The molecule has 3 rings (SSSR count). The van der Waals surface area contributed by atoms with Crippen LogP contribution in [0, 0.1) is 0 Å². The van der Waals surface area contributed by atoms with E-state index in [0.29, 0.717) is 5.56 Å². The molecule has 2 aromatic carbocycles. The number of benzene rings is 2. The van der Waals surface area contributed by atoms with Gasteiger partial charge in [-0.1, -0.05) is 18.2 Å². The molecule has 6 heteroatoms. The summed E-state index contributed by atoms with van der Waals surface area (Å²) in [5.74, 6) is -1.26. The Morgan fingerprint density at radius 1 is 1.08 bits per heavy atom. The largest absolute Gasteiger partial charge is 0.478 e. The van der Waals surface area contributed by atoms with Crippen molar-refractivity contribution in [3.8, 4) is 11.1 Å². The zero-order valence-corrected chi connectivity index (χ0v) is 14.7. The van der Waals surface area contributed by atoms with Gasteiger partial charge in [-0.25, -0.2) is 13.2 Å². The average molecular weight is 360 g/mol. The summed E-state index contributed by atoms with van der Waals surface area (Å²) in [4.78, 5) is 12.6. The molecule has 1 N–H and O–H groups in total. The summed E-state index contributed by atoms with van der Waals surface area (Å²) in [6, 6.07) is 13.0. The molecule has 0 saturated heterocycles. The predicted molar refractivity (Wildman–Crippen MR) is 95.9 cm³/mol. The summed E-state index contributed by atoms with van der Waals surface area (Å²) in [5.41, 5.74) is 2.38. The van der Waals surface area contributed by atoms with Crippen LogP contribution in [0.5, 0.6) is 0 Å². The monoisotopic (exact) mass is 360 g/mol. The van der Waals surface area contributed by atoms with E-state index < -0.39 is 15.8 Å². The lowest BCUT2D eigenvalue weighted by atomic mass is 10.0. The number of fused-ring (bicyclic) bond motifs is 1. The van der Waals surface area contributed by atoms with Gasteiger partial charge in [0.15, 0.2) is 9.84 Å². The lowest BCUT2D eigenvalue weighted by Gasteiger charge is -2.08. The molecule has 0 aromatic heterocycles. The summed E-state index contributed by atoms with van der Waals surface area (Å²) in [5, 5.41) is 9.24. The van der Waals surface area contributed by atoms with E-state index >= 15 is 0 Å². The number of thioether (sulfide) groups is 1. The highest BCUT2D eigenvalue weighted by atomic mass is 32.2. The molecule has 2 aromatic rings. The second kappa shape index (κ2) is 6.45. The molecule has 0 radical (unpaired) electrons. The maximum atomic E-state index is 12.4. The second-order valence-corrected chi connectivity index (χ2v) is 8.48. The van der Waals surface area contributed by atoms with Crippen LogP contribution >= 0.6 is 11.8 Å². The Kier molecular flexibility index (Phi) is 4.51. The molecule has 4 nitrogen and oxygen atoms in total. The van der Waals surface area contributed by atoms with Crippen molar-refractivity contribution in [1.29, 1.82) is 0 Å². The maximum absolute atomic E-state index is 12.4. The van der Waals surface area contributed by atoms with Gasteiger partial charge in [0.05, 0.1) is 10.6 Å². The molecule has 0 atom stereocenters. The lowest BCUT2D eigenvalue weighted by molar-refractivity contribution is -0.132. The quantitative estimate of drug-likeness (QED) is 0.845. The summed E-state index contributed by atoms with van der Waals surface area (Å²) in [7, 11) is -3.47. The van der Waals surface area contributed by atoms with Crippen LogP contribution in [-0.4, -0.2) is 31.5 Å². The van der Waals surface area contributed by atoms with Gasteiger partial charge in [-0.3, -0.25) is 0 Å². The van der Waals surface area contributed by atoms with Crippen molar-refractivity contribution in [2.75, 3.05) is 12.0 Å². The predicted octanol–water partition coefficient (Wildman–Crippen LogP) is 3.72. The molecule has 1 aliphatic heterocycles. The molecular weight excluding hydrogens is 344 g/mol. The SMILES string of the molecule is CSc1ccc(-c2ccc3c(c2)C=C(C(=O)O)CCS3(=O)=O)cc1. The molecule has 124 valence electrons. The van der Waals surface area contributed by atoms with Crippen LogP contribution < -0.4 is 0 Å². The first-order valence-corrected chi connectivity index (χ1v) is 10.2. The smallest absolute Gasteiger partial charge is 0.331 e. The van der Waals surface area contributed by atoms with Gasteiger partial charge in [0.2, 0.25) is 0 Å². The topological polar surface area (TPSA) is 71.4 Å². The van der Waals surface area contributed by atoms with Crippen LogP contribution in [0.15, 0.2) is 57.8 Å². The second-order valence-electron chi connectivity index (χ2n) is 5.52. The highest BCUT2D eigenvalue weighted by molar-refractivity contribution is 7.98. The molecule has 1 heterocycles.